The van der Waals surface area contributed by atoms with E-state index < -0.39 is 7.82 Å². The molecule has 1 aliphatic heterocycles. The van der Waals surface area contributed by atoms with Gasteiger partial charge >= 0.3 is 7.82 Å². The van der Waals surface area contributed by atoms with Crippen LogP contribution >= 0.6 is 7.82 Å². The molecule has 32 heavy (non-hydrogen) atoms. The summed E-state index contributed by atoms with van der Waals surface area (Å²) in [6, 6.07) is 0. The number of rotatable bonds is 21. The molecular formula is C26H55NO4P+. The van der Waals surface area contributed by atoms with E-state index in [1.54, 1.807) is 0 Å². The number of likely N-dealkylation sites (tertiary alicyclic amines) is 1. The van der Waals surface area contributed by atoms with E-state index in [2.05, 4.69) is 21.0 Å². The van der Waals surface area contributed by atoms with Crippen LogP contribution < -0.4 is 0 Å². The zero-order valence-corrected chi connectivity index (χ0v) is 22.6. The van der Waals surface area contributed by atoms with Crippen LogP contribution in [0, 0.1) is 0 Å². The van der Waals surface area contributed by atoms with E-state index in [1.807, 2.05) is 0 Å². The molecule has 1 unspecified atom stereocenters. The van der Waals surface area contributed by atoms with Crippen LogP contribution in [-0.4, -0.2) is 49.3 Å². The maximum Gasteiger partial charge on any atom is 0.472 e. The Morgan fingerprint density at radius 1 is 0.719 bits per heavy atom. The Bertz CT molecular complexity index is 476. The summed E-state index contributed by atoms with van der Waals surface area (Å²) < 4.78 is 23.7. The van der Waals surface area contributed by atoms with Crippen LogP contribution in [0.25, 0.3) is 0 Å². The lowest BCUT2D eigenvalue weighted by Gasteiger charge is -2.37. The van der Waals surface area contributed by atoms with Gasteiger partial charge in [-0.25, -0.2) is 4.57 Å². The lowest BCUT2D eigenvalue weighted by Crippen LogP contribution is -2.47. The third kappa shape index (κ3) is 17.5. The Morgan fingerprint density at radius 3 is 1.50 bits per heavy atom. The fourth-order valence-corrected chi connectivity index (χ4v) is 5.58. The first-order valence-corrected chi connectivity index (χ1v) is 15.3. The van der Waals surface area contributed by atoms with Crippen molar-refractivity contribution in [2.24, 2.45) is 0 Å². The van der Waals surface area contributed by atoms with Crippen molar-refractivity contribution < 1.29 is 23.0 Å². The number of hydrogen-bond acceptors (Lipinski definition) is 3. The van der Waals surface area contributed by atoms with Crippen molar-refractivity contribution in [3.63, 3.8) is 0 Å². The molecule has 0 aromatic heterocycles. The molecule has 0 aromatic rings. The van der Waals surface area contributed by atoms with Gasteiger partial charge in [0.05, 0.1) is 39.9 Å². The SMILES string of the molecule is CCCCCCCCCCCCCCCCCCCOP(=O)(O)OC1CC[N+](C)(C)CC1. The smallest absolute Gasteiger partial charge is 0.328 e. The zero-order valence-electron chi connectivity index (χ0n) is 21.7. The summed E-state index contributed by atoms with van der Waals surface area (Å²) in [4.78, 5) is 9.94. The summed E-state index contributed by atoms with van der Waals surface area (Å²) >= 11 is 0. The molecule has 6 heteroatoms. The van der Waals surface area contributed by atoms with Gasteiger partial charge in [-0.3, -0.25) is 9.05 Å². The average Bonchev–Trinajstić information content (AvgIpc) is 2.74. The second kappa shape index (κ2) is 18.4. The first-order valence-electron chi connectivity index (χ1n) is 13.8. The molecule has 0 aromatic carbocycles. The van der Waals surface area contributed by atoms with Crippen molar-refractivity contribution in [1.29, 1.82) is 0 Å². The van der Waals surface area contributed by atoms with E-state index in [4.69, 9.17) is 9.05 Å². The molecule has 1 atom stereocenters. The van der Waals surface area contributed by atoms with Gasteiger partial charge in [0.25, 0.3) is 0 Å². The summed E-state index contributed by atoms with van der Waals surface area (Å²) in [6.45, 7) is 4.55. The van der Waals surface area contributed by atoms with Gasteiger partial charge in [0.1, 0.15) is 0 Å². The fraction of sp³-hybridized carbons (Fsp3) is 1.00. The van der Waals surface area contributed by atoms with Crippen LogP contribution in [0.5, 0.6) is 0 Å². The van der Waals surface area contributed by atoms with E-state index in [0.717, 1.165) is 43.3 Å². The van der Waals surface area contributed by atoms with Crippen LogP contribution in [0.1, 0.15) is 129 Å². The van der Waals surface area contributed by atoms with Gasteiger partial charge in [0.15, 0.2) is 0 Å². The molecule has 192 valence electrons. The number of nitrogens with zero attached hydrogens (tertiary/aromatic N) is 1. The van der Waals surface area contributed by atoms with Gasteiger partial charge in [0.2, 0.25) is 0 Å². The van der Waals surface area contributed by atoms with Gasteiger partial charge in [-0.05, 0) is 6.42 Å². The quantitative estimate of drug-likeness (QED) is 0.104. The summed E-state index contributed by atoms with van der Waals surface area (Å²) in [5.41, 5.74) is 0. The Morgan fingerprint density at radius 2 is 1.09 bits per heavy atom. The normalized spacial score (nSPS) is 18.6. The van der Waals surface area contributed by atoms with Gasteiger partial charge in [-0.15, -0.1) is 0 Å². The minimum absolute atomic E-state index is 0.146. The average molecular weight is 477 g/mol. The van der Waals surface area contributed by atoms with Gasteiger partial charge in [0, 0.05) is 12.8 Å². The second-order valence-corrected chi connectivity index (χ2v) is 12.1. The number of piperidine rings is 1. The molecule has 1 N–H and O–H groups in total. The minimum atomic E-state index is -3.90. The molecule has 1 rings (SSSR count). The van der Waals surface area contributed by atoms with Crippen LogP contribution in [0.3, 0.4) is 0 Å². The predicted octanol–water partition coefficient (Wildman–Crippen LogP) is 8.01. The topological polar surface area (TPSA) is 55.8 Å². The summed E-state index contributed by atoms with van der Waals surface area (Å²) in [5, 5.41) is 0. The monoisotopic (exact) mass is 476 g/mol. The highest BCUT2D eigenvalue weighted by Crippen LogP contribution is 2.46. The van der Waals surface area contributed by atoms with Crippen molar-refractivity contribution >= 4 is 7.82 Å². The molecule has 0 aliphatic carbocycles. The van der Waals surface area contributed by atoms with Gasteiger partial charge < -0.3 is 9.38 Å². The number of phosphoric ester groups is 1. The highest BCUT2D eigenvalue weighted by Gasteiger charge is 2.32. The van der Waals surface area contributed by atoms with Crippen molar-refractivity contribution in [2.45, 2.75) is 135 Å². The van der Waals surface area contributed by atoms with Crippen LogP contribution in [0.15, 0.2) is 0 Å². The van der Waals surface area contributed by atoms with Gasteiger partial charge in [-0.1, -0.05) is 110 Å². The third-order valence-corrected chi connectivity index (χ3v) is 7.97. The molecule has 1 heterocycles. The number of unbranched alkanes of at least 4 members (excludes halogenated alkanes) is 16. The van der Waals surface area contributed by atoms with Crippen LogP contribution in [-0.2, 0) is 13.6 Å². The van der Waals surface area contributed by atoms with Crippen molar-refractivity contribution in [3.8, 4) is 0 Å². The standard InChI is InChI=1S/C26H54NO4P/c1-4-5-6-7-8-9-10-11-12-13-14-15-16-17-18-19-20-25-30-32(28,29)31-26-21-23-27(2,3)24-22-26/h26H,4-25H2,1-3H3/p+1. The molecule has 5 nitrogen and oxygen atoms in total. The predicted molar refractivity (Wildman–Crippen MR) is 136 cm³/mol. The van der Waals surface area contributed by atoms with E-state index >= 15 is 0 Å². The maximum absolute atomic E-state index is 12.1. The Hall–Kier alpha value is 0.0700. The van der Waals surface area contributed by atoms with Crippen molar-refractivity contribution in [2.75, 3.05) is 33.8 Å². The lowest BCUT2D eigenvalue weighted by atomic mass is 10.0. The number of quaternary nitrogens is 1. The zero-order chi connectivity index (χ0) is 23.5. The van der Waals surface area contributed by atoms with E-state index in [9.17, 15) is 9.46 Å². The molecule has 0 spiro atoms. The van der Waals surface area contributed by atoms with Crippen LogP contribution in [0.4, 0.5) is 0 Å². The molecule has 0 saturated carbocycles. The van der Waals surface area contributed by atoms with E-state index in [-0.39, 0.29) is 6.10 Å². The molecule has 1 saturated heterocycles. The summed E-state index contributed by atoms with van der Waals surface area (Å²) in [7, 11) is 0.467. The Balaban J connectivity index is 1.81. The fourth-order valence-electron chi connectivity index (χ4n) is 4.57. The minimum Gasteiger partial charge on any atom is -0.328 e. The van der Waals surface area contributed by atoms with Crippen molar-refractivity contribution in [3.05, 3.63) is 0 Å². The molecular weight excluding hydrogens is 421 g/mol. The highest BCUT2D eigenvalue weighted by molar-refractivity contribution is 7.47. The molecule has 1 aliphatic rings. The first-order chi connectivity index (χ1) is 15.3. The van der Waals surface area contributed by atoms with Crippen LogP contribution in [0.2, 0.25) is 0 Å². The third-order valence-electron chi connectivity index (χ3n) is 6.90. The maximum atomic E-state index is 12.1. The summed E-state index contributed by atoms with van der Waals surface area (Å²) in [5.74, 6) is 0. The molecule has 0 radical (unpaired) electrons. The lowest BCUT2D eigenvalue weighted by molar-refractivity contribution is -0.896. The molecule has 0 amide bonds. The number of hydrogen-bond donors (Lipinski definition) is 1. The summed E-state index contributed by atoms with van der Waals surface area (Å²) in [6.07, 6.45) is 24.0. The Kier molecular flexibility index (Phi) is 17.3. The Labute approximate surface area is 199 Å². The highest BCUT2D eigenvalue weighted by atomic mass is 31.2. The first kappa shape index (κ1) is 30.1. The molecule has 1 fully saturated rings. The molecule has 0 bridgehead atoms. The number of phosphoric acid groups is 1. The van der Waals surface area contributed by atoms with E-state index in [1.165, 1.54) is 96.3 Å². The second-order valence-electron chi connectivity index (χ2n) is 10.6. The van der Waals surface area contributed by atoms with Crippen molar-refractivity contribution in [1.82, 2.24) is 0 Å². The largest absolute Gasteiger partial charge is 0.472 e. The van der Waals surface area contributed by atoms with E-state index in [0.29, 0.717) is 6.61 Å². The van der Waals surface area contributed by atoms with Gasteiger partial charge in [-0.2, -0.15) is 0 Å².